The Bertz CT molecular complexity index is 354. The van der Waals surface area contributed by atoms with Crippen molar-refractivity contribution >= 4 is 12.0 Å². The summed E-state index contributed by atoms with van der Waals surface area (Å²) in [7, 11) is 0. The molecular weight excluding hydrogens is 232 g/mol. The normalized spacial score (nSPS) is 30.4. The average Bonchev–Trinajstić information content (AvgIpc) is 2.84. The van der Waals surface area contributed by atoms with Gasteiger partial charge in [0.1, 0.15) is 0 Å². The van der Waals surface area contributed by atoms with E-state index < -0.39 is 5.97 Å². The first-order valence-electron chi connectivity index (χ1n) is 6.66. The largest absolute Gasteiger partial charge is 0.481 e. The number of nitrogens with one attached hydrogen (secondary N) is 1. The first-order valence-corrected chi connectivity index (χ1v) is 6.66. The van der Waals surface area contributed by atoms with E-state index in [1.165, 1.54) is 0 Å². The zero-order valence-corrected chi connectivity index (χ0v) is 11.1. The highest BCUT2D eigenvalue weighted by Crippen LogP contribution is 2.30. The fourth-order valence-electron chi connectivity index (χ4n) is 2.89. The van der Waals surface area contributed by atoms with Crippen molar-refractivity contribution in [2.45, 2.75) is 45.6 Å². The van der Waals surface area contributed by atoms with E-state index in [2.05, 4.69) is 19.2 Å². The highest BCUT2D eigenvalue weighted by Gasteiger charge is 2.35. The summed E-state index contributed by atoms with van der Waals surface area (Å²) in [6.45, 7) is 5.91. The molecule has 2 atom stereocenters. The lowest BCUT2D eigenvalue weighted by atomic mass is 9.93. The molecule has 18 heavy (non-hydrogen) atoms. The molecule has 1 saturated carbocycles. The average molecular weight is 254 g/mol. The van der Waals surface area contributed by atoms with Gasteiger partial charge in [-0.3, -0.25) is 4.79 Å². The number of carbonyl (C=O) groups is 2. The van der Waals surface area contributed by atoms with Crippen molar-refractivity contribution in [1.82, 2.24) is 10.2 Å². The number of hydrogen-bond donors (Lipinski definition) is 2. The van der Waals surface area contributed by atoms with Crippen LogP contribution in [-0.2, 0) is 4.79 Å². The van der Waals surface area contributed by atoms with Gasteiger partial charge >= 0.3 is 12.0 Å². The molecule has 1 aliphatic carbocycles. The van der Waals surface area contributed by atoms with Crippen molar-refractivity contribution in [2.75, 3.05) is 13.1 Å². The number of amides is 2. The zero-order valence-electron chi connectivity index (χ0n) is 11.1. The maximum atomic E-state index is 12.0. The molecule has 1 aliphatic heterocycles. The van der Waals surface area contributed by atoms with Gasteiger partial charge in [0.25, 0.3) is 0 Å². The Labute approximate surface area is 108 Å². The van der Waals surface area contributed by atoms with Crippen molar-refractivity contribution in [1.29, 1.82) is 0 Å². The number of carboxylic acids is 1. The van der Waals surface area contributed by atoms with E-state index >= 15 is 0 Å². The van der Waals surface area contributed by atoms with Crippen molar-refractivity contribution in [3.05, 3.63) is 0 Å². The summed E-state index contributed by atoms with van der Waals surface area (Å²) >= 11 is 0. The number of nitrogens with zero attached hydrogens (tertiary/aromatic N) is 1. The van der Waals surface area contributed by atoms with Gasteiger partial charge in [-0.15, -0.1) is 0 Å². The molecular formula is C13H22N2O3. The Hall–Kier alpha value is -1.26. The first-order chi connectivity index (χ1) is 8.37. The number of carbonyl (C=O) groups excluding carboxylic acids is 1. The zero-order chi connectivity index (χ0) is 13.3. The maximum Gasteiger partial charge on any atom is 0.317 e. The molecule has 1 heterocycles. The first kappa shape index (κ1) is 13.2. The van der Waals surface area contributed by atoms with Crippen LogP contribution >= 0.6 is 0 Å². The molecule has 2 aliphatic rings. The number of carboxylic acid groups (broad SMARTS) is 1. The van der Waals surface area contributed by atoms with Crippen LogP contribution in [0.4, 0.5) is 4.79 Å². The monoisotopic (exact) mass is 254 g/mol. The van der Waals surface area contributed by atoms with Gasteiger partial charge in [-0.25, -0.2) is 4.79 Å². The molecule has 5 heteroatoms. The Morgan fingerprint density at radius 2 is 2.06 bits per heavy atom. The number of aliphatic carboxylic acids is 1. The van der Waals surface area contributed by atoms with Gasteiger partial charge < -0.3 is 15.3 Å². The van der Waals surface area contributed by atoms with Crippen LogP contribution in [0.15, 0.2) is 0 Å². The molecule has 2 unspecified atom stereocenters. The minimum absolute atomic E-state index is 0.0299. The molecule has 0 aromatic carbocycles. The third kappa shape index (κ3) is 2.94. The second-order valence-corrected chi connectivity index (χ2v) is 6.33. The van der Waals surface area contributed by atoms with E-state index in [1.807, 2.05) is 4.90 Å². The van der Waals surface area contributed by atoms with Crippen molar-refractivity contribution in [3.8, 4) is 0 Å². The molecule has 5 nitrogen and oxygen atoms in total. The van der Waals surface area contributed by atoms with Crippen LogP contribution in [0.1, 0.15) is 39.5 Å². The fourth-order valence-corrected chi connectivity index (χ4v) is 2.89. The minimum Gasteiger partial charge on any atom is -0.481 e. The number of rotatable bonds is 2. The molecule has 0 spiro atoms. The summed E-state index contributed by atoms with van der Waals surface area (Å²) in [5.74, 6) is -1.03. The third-order valence-corrected chi connectivity index (χ3v) is 4.07. The quantitative estimate of drug-likeness (QED) is 0.787. The predicted molar refractivity (Wildman–Crippen MR) is 67.3 cm³/mol. The van der Waals surface area contributed by atoms with Gasteiger partial charge in [0.15, 0.2) is 0 Å². The fraction of sp³-hybridized carbons (Fsp3) is 0.846. The van der Waals surface area contributed by atoms with Crippen LogP contribution in [0.5, 0.6) is 0 Å². The van der Waals surface area contributed by atoms with Crippen molar-refractivity contribution in [2.24, 2.45) is 11.3 Å². The summed E-state index contributed by atoms with van der Waals surface area (Å²) in [5, 5.41) is 11.9. The van der Waals surface area contributed by atoms with E-state index in [0.29, 0.717) is 12.8 Å². The number of likely N-dealkylation sites (tertiary alicyclic amines) is 1. The lowest BCUT2D eigenvalue weighted by Gasteiger charge is -2.22. The van der Waals surface area contributed by atoms with E-state index in [1.54, 1.807) is 0 Å². The van der Waals surface area contributed by atoms with Gasteiger partial charge in [-0.05, 0) is 31.1 Å². The Morgan fingerprint density at radius 3 is 2.56 bits per heavy atom. The van der Waals surface area contributed by atoms with Gasteiger partial charge in [0.05, 0.1) is 5.92 Å². The van der Waals surface area contributed by atoms with Crippen LogP contribution in [0.2, 0.25) is 0 Å². The Morgan fingerprint density at radius 1 is 1.33 bits per heavy atom. The molecule has 0 aromatic rings. The van der Waals surface area contributed by atoms with Gasteiger partial charge in [0.2, 0.25) is 0 Å². The summed E-state index contributed by atoms with van der Waals surface area (Å²) in [6, 6.07) is -0.000994. The van der Waals surface area contributed by atoms with Gasteiger partial charge in [-0.1, -0.05) is 13.8 Å². The SMILES string of the molecule is CC1(C)CCN(C(=O)NC2CCC(C(=O)O)C2)C1. The molecule has 0 aromatic heterocycles. The van der Waals surface area contributed by atoms with Gasteiger partial charge in [-0.2, -0.15) is 0 Å². The van der Waals surface area contributed by atoms with E-state index in [0.717, 1.165) is 25.9 Å². The second-order valence-electron chi connectivity index (χ2n) is 6.33. The number of urea groups is 1. The van der Waals surface area contributed by atoms with Gasteiger partial charge in [0, 0.05) is 19.1 Å². The predicted octanol–water partition coefficient (Wildman–Crippen LogP) is 1.68. The van der Waals surface area contributed by atoms with Crippen LogP contribution in [-0.4, -0.2) is 41.1 Å². The Kier molecular flexibility index (Phi) is 3.50. The van der Waals surface area contributed by atoms with Crippen molar-refractivity contribution in [3.63, 3.8) is 0 Å². The molecule has 0 bridgehead atoms. The molecule has 2 amide bonds. The summed E-state index contributed by atoms with van der Waals surface area (Å²) in [6.07, 6.45) is 3.05. The summed E-state index contributed by atoms with van der Waals surface area (Å²) in [4.78, 5) is 24.7. The lowest BCUT2D eigenvalue weighted by Crippen LogP contribution is -2.43. The molecule has 0 radical (unpaired) electrons. The standard InChI is InChI=1S/C13H22N2O3/c1-13(2)5-6-15(8-13)12(18)14-10-4-3-9(7-10)11(16)17/h9-10H,3-8H2,1-2H3,(H,14,18)(H,16,17). The van der Waals surface area contributed by atoms with Crippen LogP contribution < -0.4 is 5.32 Å². The number of hydrogen-bond acceptors (Lipinski definition) is 2. The summed E-state index contributed by atoms with van der Waals surface area (Å²) in [5.41, 5.74) is 0.205. The van der Waals surface area contributed by atoms with Crippen LogP contribution in [0.3, 0.4) is 0 Å². The third-order valence-electron chi connectivity index (χ3n) is 4.07. The minimum atomic E-state index is -0.742. The van der Waals surface area contributed by atoms with Crippen LogP contribution in [0, 0.1) is 11.3 Å². The summed E-state index contributed by atoms with van der Waals surface area (Å²) < 4.78 is 0. The maximum absolute atomic E-state index is 12.0. The Balaban J connectivity index is 1.81. The molecule has 2 fully saturated rings. The van der Waals surface area contributed by atoms with E-state index in [9.17, 15) is 9.59 Å². The van der Waals surface area contributed by atoms with E-state index in [-0.39, 0.29) is 23.4 Å². The molecule has 2 rings (SSSR count). The molecule has 1 saturated heterocycles. The second kappa shape index (κ2) is 4.78. The topological polar surface area (TPSA) is 69.6 Å². The smallest absolute Gasteiger partial charge is 0.317 e. The highest BCUT2D eigenvalue weighted by molar-refractivity contribution is 5.75. The molecule has 2 N–H and O–H groups in total. The highest BCUT2D eigenvalue weighted by atomic mass is 16.4. The van der Waals surface area contributed by atoms with Crippen molar-refractivity contribution < 1.29 is 14.7 Å². The lowest BCUT2D eigenvalue weighted by molar-refractivity contribution is -0.141. The molecule has 102 valence electrons. The van der Waals surface area contributed by atoms with Crippen LogP contribution in [0.25, 0.3) is 0 Å². The van der Waals surface area contributed by atoms with E-state index in [4.69, 9.17) is 5.11 Å².